The fourth-order valence-electron chi connectivity index (χ4n) is 5.09. The van der Waals surface area contributed by atoms with Crippen LogP contribution in [0.25, 0.3) is 11.1 Å². The maximum absolute atomic E-state index is 13.7. The minimum Gasteiger partial charge on any atom is -0.383 e. The average molecular weight is 455 g/mol. The summed E-state index contributed by atoms with van der Waals surface area (Å²) in [7, 11) is 1.73. The molecule has 0 spiro atoms. The zero-order valence-corrected chi connectivity index (χ0v) is 19.5. The summed E-state index contributed by atoms with van der Waals surface area (Å²) >= 11 is 0. The number of carbonyl (C=O) groups is 1. The first-order valence-electron chi connectivity index (χ1n) is 12.0. The van der Waals surface area contributed by atoms with Crippen LogP contribution in [-0.4, -0.2) is 63.9 Å². The lowest BCUT2D eigenvalue weighted by Gasteiger charge is -2.36. The summed E-state index contributed by atoms with van der Waals surface area (Å²) in [6.07, 6.45) is 3.20. The van der Waals surface area contributed by atoms with E-state index in [1.165, 1.54) is 6.07 Å². The molecule has 2 heterocycles. The van der Waals surface area contributed by atoms with Crippen LogP contribution in [0.4, 0.5) is 4.39 Å². The second kappa shape index (κ2) is 11.2. The second-order valence-electron chi connectivity index (χ2n) is 9.44. The lowest BCUT2D eigenvalue weighted by atomic mass is 9.74. The number of rotatable bonds is 9. The van der Waals surface area contributed by atoms with Crippen LogP contribution in [0.1, 0.15) is 24.8 Å². The molecular weight excluding hydrogens is 419 g/mol. The van der Waals surface area contributed by atoms with Gasteiger partial charge < -0.3 is 19.7 Å². The molecule has 178 valence electrons. The summed E-state index contributed by atoms with van der Waals surface area (Å²) in [5, 5.41) is 3.28. The SMILES string of the molecule is COCCN1CC[C@H](CNC(=O)C2(Cc3cccc(-c4cccc(F)c4)c3)CCOCC2)C1. The van der Waals surface area contributed by atoms with Gasteiger partial charge in [-0.25, -0.2) is 4.39 Å². The molecule has 0 saturated carbocycles. The number of methoxy groups -OCH3 is 1. The molecule has 33 heavy (non-hydrogen) atoms. The molecule has 0 bridgehead atoms. The van der Waals surface area contributed by atoms with Gasteiger partial charge in [0.15, 0.2) is 0 Å². The molecule has 1 N–H and O–H groups in total. The van der Waals surface area contributed by atoms with E-state index in [1.54, 1.807) is 19.2 Å². The topological polar surface area (TPSA) is 50.8 Å². The highest BCUT2D eigenvalue weighted by Gasteiger charge is 2.40. The number of nitrogens with one attached hydrogen (secondary N) is 1. The molecule has 5 nitrogen and oxygen atoms in total. The number of carbonyl (C=O) groups excluding carboxylic acids is 1. The molecule has 2 aromatic carbocycles. The summed E-state index contributed by atoms with van der Waals surface area (Å²) in [5.74, 6) is 0.377. The minimum atomic E-state index is -0.465. The Kier molecular flexibility index (Phi) is 8.12. The normalized spacial score (nSPS) is 20.6. The van der Waals surface area contributed by atoms with E-state index in [-0.39, 0.29) is 11.7 Å². The highest BCUT2D eigenvalue weighted by molar-refractivity contribution is 5.83. The monoisotopic (exact) mass is 454 g/mol. The largest absolute Gasteiger partial charge is 0.383 e. The van der Waals surface area contributed by atoms with Crippen LogP contribution >= 0.6 is 0 Å². The fourth-order valence-corrected chi connectivity index (χ4v) is 5.09. The van der Waals surface area contributed by atoms with Crippen molar-refractivity contribution in [2.45, 2.75) is 25.7 Å². The molecule has 0 radical (unpaired) electrons. The Bertz CT molecular complexity index is 929. The minimum absolute atomic E-state index is 0.136. The van der Waals surface area contributed by atoms with Gasteiger partial charge in [-0.15, -0.1) is 0 Å². The molecule has 6 heteroatoms. The van der Waals surface area contributed by atoms with E-state index in [0.717, 1.165) is 49.4 Å². The number of ether oxygens (including phenoxy) is 2. The summed E-state index contributed by atoms with van der Waals surface area (Å²) in [5.41, 5.74) is 2.45. The predicted octanol–water partition coefficient (Wildman–Crippen LogP) is 3.92. The van der Waals surface area contributed by atoms with Crippen LogP contribution < -0.4 is 5.32 Å². The predicted molar refractivity (Wildman–Crippen MR) is 127 cm³/mol. The third-order valence-electron chi connectivity index (χ3n) is 7.09. The number of hydrogen-bond donors (Lipinski definition) is 1. The van der Waals surface area contributed by atoms with Crippen LogP contribution in [0.3, 0.4) is 0 Å². The Morgan fingerprint density at radius 3 is 2.70 bits per heavy atom. The number of hydrogen-bond acceptors (Lipinski definition) is 4. The summed E-state index contributed by atoms with van der Waals surface area (Å²) in [6, 6.07) is 14.8. The molecule has 0 aliphatic carbocycles. The molecule has 0 aromatic heterocycles. The van der Waals surface area contributed by atoms with Crippen molar-refractivity contribution in [2.24, 2.45) is 11.3 Å². The van der Waals surface area contributed by atoms with E-state index in [4.69, 9.17) is 9.47 Å². The van der Waals surface area contributed by atoms with Crippen molar-refractivity contribution >= 4 is 5.91 Å². The van der Waals surface area contributed by atoms with Crippen molar-refractivity contribution in [1.29, 1.82) is 0 Å². The third-order valence-corrected chi connectivity index (χ3v) is 7.09. The molecule has 1 atom stereocenters. The number of nitrogens with zero attached hydrogens (tertiary/aromatic N) is 1. The van der Waals surface area contributed by atoms with Gasteiger partial charge in [-0.05, 0) is 67.0 Å². The van der Waals surface area contributed by atoms with Gasteiger partial charge in [0.2, 0.25) is 5.91 Å². The van der Waals surface area contributed by atoms with E-state index in [1.807, 2.05) is 18.2 Å². The standard InChI is InChI=1S/C27H35FN2O3/c1-32-15-12-30-11-8-22(20-30)19-29-26(31)27(9-13-33-14-10-27)18-21-4-2-5-23(16-21)24-6-3-7-25(28)17-24/h2-7,16-17,22H,8-15,18-20H2,1H3,(H,29,31)/t22-/m1/s1. The number of likely N-dealkylation sites (tertiary alicyclic amines) is 1. The van der Waals surface area contributed by atoms with Gasteiger partial charge in [0.1, 0.15) is 5.82 Å². The van der Waals surface area contributed by atoms with Gasteiger partial charge in [-0.2, -0.15) is 0 Å². The van der Waals surface area contributed by atoms with E-state index in [0.29, 0.717) is 44.9 Å². The maximum Gasteiger partial charge on any atom is 0.226 e. The molecule has 0 unspecified atom stereocenters. The first-order valence-corrected chi connectivity index (χ1v) is 12.0. The number of halogens is 1. The quantitative estimate of drug-likeness (QED) is 0.624. The highest BCUT2D eigenvalue weighted by atomic mass is 19.1. The smallest absolute Gasteiger partial charge is 0.226 e. The summed E-state index contributed by atoms with van der Waals surface area (Å²) < 4.78 is 24.5. The zero-order valence-electron chi connectivity index (χ0n) is 19.5. The van der Waals surface area contributed by atoms with Gasteiger partial charge >= 0.3 is 0 Å². The van der Waals surface area contributed by atoms with Crippen molar-refractivity contribution in [3.05, 3.63) is 59.9 Å². The van der Waals surface area contributed by atoms with Gasteiger partial charge in [0.25, 0.3) is 0 Å². The van der Waals surface area contributed by atoms with E-state index in [2.05, 4.69) is 22.3 Å². The maximum atomic E-state index is 13.7. The van der Waals surface area contributed by atoms with Crippen molar-refractivity contribution < 1.29 is 18.7 Å². The molecular formula is C27H35FN2O3. The zero-order chi connectivity index (χ0) is 23.1. The Balaban J connectivity index is 1.42. The van der Waals surface area contributed by atoms with Crippen LogP contribution in [0.2, 0.25) is 0 Å². The van der Waals surface area contributed by atoms with Crippen LogP contribution in [0.5, 0.6) is 0 Å². The van der Waals surface area contributed by atoms with Gasteiger partial charge in [0.05, 0.1) is 12.0 Å². The van der Waals surface area contributed by atoms with Gasteiger partial charge in [-0.1, -0.05) is 36.4 Å². The fraction of sp³-hybridized carbons (Fsp3) is 0.519. The lowest BCUT2D eigenvalue weighted by Crippen LogP contribution is -2.47. The molecule has 4 rings (SSSR count). The van der Waals surface area contributed by atoms with Crippen LogP contribution in [-0.2, 0) is 20.7 Å². The molecule has 2 saturated heterocycles. The molecule has 2 aliphatic rings. The summed E-state index contributed by atoms with van der Waals surface area (Å²) in [4.78, 5) is 15.9. The molecule has 2 aromatic rings. The first kappa shape index (κ1) is 23.9. The summed E-state index contributed by atoms with van der Waals surface area (Å²) in [6.45, 7) is 5.69. The lowest BCUT2D eigenvalue weighted by molar-refractivity contribution is -0.136. The van der Waals surface area contributed by atoms with Gasteiger partial charge in [-0.3, -0.25) is 4.79 Å². The van der Waals surface area contributed by atoms with E-state index < -0.39 is 5.41 Å². The van der Waals surface area contributed by atoms with Crippen molar-refractivity contribution in [3.63, 3.8) is 0 Å². The Morgan fingerprint density at radius 1 is 1.18 bits per heavy atom. The van der Waals surface area contributed by atoms with E-state index >= 15 is 0 Å². The highest BCUT2D eigenvalue weighted by Crippen LogP contribution is 2.36. The van der Waals surface area contributed by atoms with Crippen LogP contribution in [0, 0.1) is 17.2 Å². The van der Waals surface area contributed by atoms with Crippen LogP contribution in [0.15, 0.2) is 48.5 Å². The Labute approximate surface area is 196 Å². The number of benzene rings is 2. The van der Waals surface area contributed by atoms with Crippen molar-refractivity contribution in [1.82, 2.24) is 10.2 Å². The molecule has 2 aliphatic heterocycles. The van der Waals surface area contributed by atoms with E-state index in [9.17, 15) is 9.18 Å². The third kappa shape index (κ3) is 6.19. The Morgan fingerprint density at radius 2 is 1.94 bits per heavy atom. The van der Waals surface area contributed by atoms with Crippen molar-refractivity contribution in [3.8, 4) is 11.1 Å². The van der Waals surface area contributed by atoms with Gasteiger partial charge in [0, 0.05) is 40.0 Å². The molecule has 2 fully saturated rings. The first-order chi connectivity index (χ1) is 16.1. The van der Waals surface area contributed by atoms with Crippen molar-refractivity contribution in [2.75, 3.05) is 53.1 Å². The number of amides is 1. The second-order valence-corrected chi connectivity index (χ2v) is 9.44. The average Bonchev–Trinajstić information content (AvgIpc) is 3.30. The Hall–Kier alpha value is -2.28. The molecule has 1 amide bonds.